The first kappa shape index (κ1) is 13.3. The summed E-state index contributed by atoms with van der Waals surface area (Å²) in [6.07, 6.45) is 1.81. The topological polar surface area (TPSA) is 74.5 Å². The van der Waals surface area contributed by atoms with Gasteiger partial charge in [0.2, 0.25) is 0 Å². The van der Waals surface area contributed by atoms with Crippen LogP contribution in [0.1, 0.15) is 18.7 Å². The van der Waals surface area contributed by atoms with Crippen LogP contribution >= 0.6 is 0 Å². The van der Waals surface area contributed by atoms with Crippen LogP contribution < -0.4 is 11.1 Å². The first-order valence-corrected chi connectivity index (χ1v) is 7.12. The maximum absolute atomic E-state index is 11.6. The molecule has 2 aliphatic rings. The molecule has 0 spiro atoms. The molecule has 1 aromatic rings. The predicted octanol–water partition coefficient (Wildman–Crippen LogP) is 0.179. The summed E-state index contributed by atoms with van der Waals surface area (Å²) in [7, 11) is 0. The van der Waals surface area contributed by atoms with Crippen molar-refractivity contribution in [3.63, 3.8) is 0 Å². The Labute approximate surface area is 118 Å². The molecule has 0 bridgehead atoms. The third-order valence-electron chi connectivity index (χ3n) is 4.15. The maximum atomic E-state index is 11.6. The van der Waals surface area contributed by atoms with E-state index >= 15 is 0 Å². The van der Waals surface area contributed by atoms with Crippen LogP contribution in [0.3, 0.4) is 0 Å². The average Bonchev–Trinajstić information content (AvgIpc) is 2.81. The molecule has 3 N–H and O–H groups in total. The normalized spacial score (nSPS) is 26.0. The van der Waals surface area contributed by atoms with Gasteiger partial charge in [0.1, 0.15) is 0 Å². The molecule has 2 saturated heterocycles. The first-order valence-electron chi connectivity index (χ1n) is 7.12. The van der Waals surface area contributed by atoms with E-state index < -0.39 is 0 Å². The quantitative estimate of drug-likeness (QED) is 0.825. The fraction of sp³-hybridized carbons (Fsp3) is 0.571. The molecular weight excluding hydrogens is 254 g/mol. The third kappa shape index (κ3) is 2.36. The number of urea groups is 1. The maximum Gasteiger partial charge on any atom is 0.317 e. The van der Waals surface area contributed by atoms with E-state index in [1.807, 2.05) is 36.2 Å². The number of fused-ring (bicyclic) bond motifs is 1. The average molecular weight is 275 g/mol. The van der Waals surface area contributed by atoms with E-state index in [1.165, 1.54) is 0 Å². The van der Waals surface area contributed by atoms with Gasteiger partial charge < -0.3 is 16.0 Å². The summed E-state index contributed by atoms with van der Waals surface area (Å²) >= 11 is 0. The highest BCUT2D eigenvalue weighted by atomic mass is 16.2. The number of pyridine rings is 1. The number of aromatic nitrogens is 1. The van der Waals surface area contributed by atoms with Crippen LogP contribution in [0.2, 0.25) is 0 Å². The van der Waals surface area contributed by atoms with Crippen molar-refractivity contribution < 1.29 is 4.79 Å². The number of carbonyl (C=O) groups is 1. The summed E-state index contributed by atoms with van der Waals surface area (Å²) in [6, 6.07) is 6.35. The van der Waals surface area contributed by atoms with Gasteiger partial charge in [0.05, 0.1) is 17.8 Å². The van der Waals surface area contributed by atoms with Crippen molar-refractivity contribution in [2.75, 3.05) is 26.2 Å². The van der Waals surface area contributed by atoms with Crippen LogP contribution in [0.25, 0.3) is 0 Å². The Hall–Kier alpha value is -1.66. The van der Waals surface area contributed by atoms with Crippen molar-refractivity contribution >= 4 is 6.03 Å². The van der Waals surface area contributed by atoms with E-state index in [0.29, 0.717) is 0 Å². The first-order chi connectivity index (χ1) is 9.66. The number of nitrogens with two attached hydrogens (primary N) is 1. The van der Waals surface area contributed by atoms with Crippen LogP contribution in [-0.4, -0.2) is 59.1 Å². The number of piperazine rings is 1. The fourth-order valence-corrected chi connectivity index (χ4v) is 3.22. The van der Waals surface area contributed by atoms with Crippen molar-refractivity contribution in [2.45, 2.75) is 25.0 Å². The Morgan fingerprint density at radius 3 is 3.00 bits per heavy atom. The Morgan fingerprint density at radius 1 is 1.45 bits per heavy atom. The monoisotopic (exact) mass is 275 g/mol. The second kappa shape index (κ2) is 5.38. The summed E-state index contributed by atoms with van der Waals surface area (Å²) in [6.45, 7) is 5.19. The lowest BCUT2D eigenvalue weighted by Gasteiger charge is -2.41. The zero-order chi connectivity index (χ0) is 14.1. The lowest BCUT2D eigenvalue weighted by Crippen LogP contribution is -2.55. The number of nitrogens with zero attached hydrogens (tertiary/aromatic N) is 3. The second-order valence-corrected chi connectivity index (χ2v) is 5.59. The molecule has 3 atom stereocenters. The summed E-state index contributed by atoms with van der Waals surface area (Å²) in [5.74, 6) is 0. The molecule has 2 aliphatic heterocycles. The highest BCUT2D eigenvalue weighted by Gasteiger charge is 2.38. The van der Waals surface area contributed by atoms with Gasteiger partial charge in [-0.25, -0.2) is 4.79 Å². The van der Waals surface area contributed by atoms with E-state index in [0.717, 1.165) is 31.9 Å². The van der Waals surface area contributed by atoms with Gasteiger partial charge in [-0.15, -0.1) is 0 Å². The summed E-state index contributed by atoms with van der Waals surface area (Å²) in [5.41, 5.74) is 7.19. The van der Waals surface area contributed by atoms with Crippen molar-refractivity contribution in [3.8, 4) is 0 Å². The van der Waals surface area contributed by atoms with Crippen molar-refractivity contribution in [2.24, 2.45) is 5.73 Å². The molecule has 0 aliphatic carbocycles. The molecule has 3 unspecified atom stereocenters. The molecule has 1 aromatic heterocycles. The molecule has 20 heavy (non-hydrogen) atoms. The van der Waals surface area contributed by atoms with Gasteiger partial charge in [0.25, 0.3) is 0 Å². The highest BCUT2D eigenvalue weighted by Crippen LogP contribution is 2.26. The second-order valence-electron chi connectivity index (χ2n) is 5.59. The Balaban J connectivity index is 1.78. The lowest BCUT2D eigenvalue weighted by molar-refractivity contribution is 0.0779. The molecule has 0 aromatic carbocycles. The largest absolute Gasteiger partial charge is 0.336 e. The zero-order valence-electron chi connectivity index (χ0n) is 11.7. The smallest absolute Gasteiger partial charge is 0.317 e. The minimum Gasteiger partial charge on any atom is -0.336 e. The SMILES string of the molecule is CC(N)C(c1ccccn1)N1CCN2C(=O)NCC2C1. The summed E-state index contributed by atoms with van der Waals surface area (Å²) in [4.78, 5) is 20.4. The third-order valence-corrected chi connectivity index (χ3v) is 4.15. The van der Waals surface area contributed by atoms with Crippen molar-refractivity contribution in [3.05, 3.63) is 30.1 Å². The van der Waals surface area contributed by atoms with Gasteiger partial charge in [-0.3, -0.25) is 9.88 Å². The van der Waals surface area contributed by atoms with Gasteiger partial charge in [-0.05, 0) is 19.1 Å². The Bertz CT molecular complexity index is 478. The molecule has 3 rings (SSSR count). The summed E-state index contributed by atoms with van der Waals surface area (Å²) in [5, 5.41) is 2.90. The van der Waals surface area contributed by atoms with Gasteiger partial charge in [0, 0.05) is 38.4 Å². The fourth-order valence-electron chi connectivity index (χ4n) is 3.22. The zero-order valence-corrected chi connectivity index (χ0v) is 11.7. The summed E-state index contributed by atoms with van der Waals surface area (Å²) < 4.78 is 0. The minimum absolute atomic E-state index is 0.00140. The van der Waals surface area contributed by atoms with Gasteiger partial charge in [-0.2, -0.15) is 0 Å². The standard InChI is InChI=1S/C14H21N5O/c1-10(15)13(12-4-2-3-5-16-12)18-6-7-19-11(9-18)8-17-14(19)20/h2-5,10-11,13H,6-9,15H2,1H3,(H,17,20). The van der Waals surface area contributed by atoms with E-state index in [4.69, 9.17) is 5.73 Å². The molecule has 0 saturated carbocycles. The highest BCUT2D eigenvalue weighted by molar-refractivity contribution is 5.77. The molecule has 108 valence electrons. The molecular formula is C14H21N5O. The van der Waals surface area contributed by atoms with E-state index in [1.54, 1.807) is 0 Å². The van der Waals surface area contributed by atoms with Crippen LogP contribution in [0.4, 0.5) is 4.79 Å². The van der Waals surface area contributed by atoms with Gasteiger partial charge >= 0.3 is 6.03 Å². The molecule has 2 amide bonds. The number of amides is 2. The molecule has 0 radical (unpaired) electrons. The number of rotatable bonds is 3. The number of hydrogen-bond acceptors (Lipinski definition) is 4. The number of carbonyl (C=O) groups excluding carboxylic acids is 1. The Morgan fingerprint density at radius 2 is 2.30 bits per heavy atom. The van der Waals surface area contributed by atoms with Crippen molar-refractivity contribution in [1.82, 2.24) is 20.1 Å². The van der Waals surface area contributed by atoms with Crippen LogP contribution in [0, 0.1) is 0 Å². The Kier molecular flexibility index (Phi) is 3.58. The molecule has 6 heteroatoms. The molecule has 2 fully saturated rings. The lowest BCUT2D eigenvalue weighted by atomic mass is 10.0. The van der Waals surface area contributed by atoms with Gasteiger partial charge in [-0.1, -0.05) is 6.07 Å². The van der Waals surface area contributed by atoms with Crippen LogP contribution in [0.15, 0.2) is 24.4 Å². The predicted molar refractivity (Wildman–Crippen MR) is 76.1 cm³/mol. The van der Waals surface area contributed by atoms with E-state index in [2.05, 4.69) is 15.2 Å². The van der Waals surface area contributed by atoms with Crippen LogP contribution in [-0.2, 0) is 0 Å². The number of nitrogens with one attached hydrogen (secondary N) is 1. The molecule has 6 nitrogen and oxygen atoms in total. The minimum atomic E-state index is 0.00140. The van der Waals surface area contributed by atoms with Crippen molar-refractivity contribution in [1.29, 1.82) is 0 Å². The van der Waals surface area contributed by atoms with E-state index in [9.17, 15) is 4.79 Å². The van der Waals surface area contributed by atoms with E-state index in [-0.39, 0.29) is 24.2 Å². The number of hydrogen-bond donors (Lipinski definition) is 2. The molecule has 3 heterocycles. The van der Waals surface area contributed by atoms with Gasteiger partial charge in [0.15, 0.2) is 0 Å². The van der Waals surface area contributed by atoms with Crippen LogP contribution in [0.5, 0.6) is 0 Å².